The third-order valence-electron chi connectivity index (χ3n) is 3.85. The Labute approximate surface area is 129 Å². The van der Waals surface area contributed by atoms with Gasteiger partial charge in [-0.25, -0.2) is 4.98 Å². The maximum absolute atomic E-state index is 11.0. The number of rotatable bonds is 5. The summed E-state index contributed by atoms with van der Waals surface area (Å²) in [7, 11) is 0. The monoisotopic (exact) mass is 300 g/mol. The van der Waals surface area contributed by atoms with Crippen molar-refractivity contribution in [3.63, 3.8) is 0 Å². The first kappa shape index (κ1) is 14.6. The Kier molecular flexibility index (Phi) is 4.43. The topological polar surface area (TPSA) is 86.8 Å². The highest BCUT2D eigenvalue weighted by Gasteiger charge is 2.27. The highest BCUT2D eigenvalue weighted by Crippen LogP contribution is 2.31. The molecule has 0 unspecified atom stereocenters. The molecule has 2 aromatic heterocycles. The van der Waals surface area contributed by atoms with Gasteiger partial charge >= 0.3 is 0 Å². The number of hydrogen-bond donors (Lipinski definition) is 2. The predicted molar refractivity (Wildman–Crippen MR) is 80.5 cm³/mol. The summed E-state index contributed by atoms with van der Waals surface area (Å²) in [6, 6.07) is 0.271. The summed E-state index contributed by atoms with van der Waals surface area (Å²) in [5, 5.41) is 2.76. The molecule has 1 aliphatic heterocycles. The van der Waals surface area contributed by atoms with E-state index in [1.165, 1.54) is 6.92 Å². The minimum absolute atomic E-state index is 0.0612. The number of imidazole rings is 1. The summed E-state index contributed by atoms with van der Waals surface area (Å²) in [4.78, 5) is 29.5. The standard InChI is InChI=1S/C15H20N6O/c1-11(22)18-7-12-5-16-8-14(20-12)15-3-2-4-21(15)9-13-6-17-10-19-13/h5-6,8,10,15H,2-4,7,9H2,1H3,(H,17,19)(H,18,22)/t15-/m1/s1. The van der Waals surface area contributed by atoms with Crippen molar-refractivity contribution in [3.8, 4) is 0 Å². The Hall–Kier alpha value is -2.28. The van der Waals surface area contributed by atoms with Crippen LogP contribution in [0.15, 0.2) is 24.9 Å². The second kappa shape index (κ2) is 6.65. The van der Waals surface area contributed by atoms with Gasteiger partial charge in [-0.1, -0.05) is 0 Å². The van der Waals surface area contributed by atoms with E-state index in [1.807, 2.05) is 12.4 Å². The molecule has 22 heavy (non-hydrogen) atoms. The molecule has 3 heterocycles. The minimum atomic E-state index is -0.0612. The first-order chi connectivity index (χ1) is 10.7. The third kappa shape index (κ3) is 3.48. The lowest BCUT2D eigenvalue weighted by Gasteiger charge is -2.23. The van der Waals surface area contributed by atoms with Crippen molar-refractivity contribution in [1.29, 1.82) is 0 Å². The van der Waals surface area contributed by atoms with Gasteiger partial charge in [0, 0.05) is 25.4 Å². The average molecular weight is 300 g/mol. The van der Waals surface area contributed by atoms with E-state index in [0.717, 1.165) is 43.0 Å². The van der Waals surface area contributed by atoms with Gasteiger partial charge in [-0.3, -0.25) is 19.7 Å². The number of H-pyrrole nitrogens is 1. The largest absolute Gasteiger partial charge is 0.351 e. The molecule has 1 amide bonds. The van der Waals surface area contributed by atoms with Gasteiger partial charge in [-0.2, -0.15) is 0 Å². The van der Waals surface area contributed by atoms with Gasteiger partial charge in [-0.05, 0) is 19.4 Å². The summed E-state index contributed by atoms with van der Waals surface area (Å²) in [6.45, 7) is 3.80. The highest BCUT2D eigenvalue weighted by atomic mass is 16.1. The van der Waals surface area contributed by atoms with Crippen molar-refractivity contribution in [2.45, 2.75) is 38.9 Å². The lowest BCUT2D eigenvalue weighted by Crippen LogP contribution is -2.25. The summed E-state index contributed by atoms with van der Waals surface area (Å²) in [6.07, 6.45) is 9.31. The minimum Gasteiger partial charge on any atom is -0.351 e. The summed E-state index contributed by atoms with van der Waals surface area (Å²) in [5.41, 5.74) is 2.87. The van der Waals surface area contributed by atoms with Gasteiger partial charge in [0.15, 0.2) is 0 Å². The van der Waals surface area contributed by atoms with E-state index < -0.39 is 0 Å². The Balaban J connectivity index is 1.71. The molecule has 0 bridgehead atoms. The number of amides is 1. The Morgan fingerprint density at radius 3 is 3.09 bits per heavy atom. The molecule has 0 aliphatic carbocycles. The Morgan fingerprint density at radius 2 is 2.32 bits per heavy atom. The molecule has 0 radical (unpaired) electrons. The number of likely N-dealkylation sites (tertiary alicyclic amines) is 1. The molecule has 116 valence electrons. The molecule has 3 rings (SSSR count). The molecule has 0 spiro atoms. The van der Waals surface area contributed by atoms with Crippen molar-refractivity contribution in [1.82, 2.24) is 30.2 Å². The molecule has 1 aliphatic rings. The van der Waals surface area contributed by atoms with Gasteiger partial charge in [0.1, 0.15) is 0 Å². The van der Waals surface area contributed by atoms with Crippen LogP contribution >= 0.6 is 0 Å². The number of aromatic amines is 1. The summed E-state index contributed by atoms with van der Waals surface area (Å²) < 4.78 is 0. The van der Waals surface area contributed by atoms with Crippen molar-refractivity contribution in [2.24, 2.45) is 0 Å². The Morgan fingerprint density at radius 1 is 1.41 bits per heavy atom. The number of nitrogens with one attached hydrogen (secondary N) is 2. The summed E-state index contributed by atoms with van der Waals surface area (Å²) >= 11 is 0. The third-order valence-corrected chi connectivity index (χ3v) is 3.85. The van der Waals surface area contributed by atoms with Crippen LogP contribution in [0.3, 0.4) is 0 Å². The van der Waals surface area contributed by atoms with Gasteiger partial charge in [0.05, 0.1) is 42.7 Å². The zero-order valence-corrected chi connectivity index (χ0v) is 12.6. The number of nitrogens with zero attached hydrogens (tertiary/aromatic N) is 4. The van der Waals surface area contributed by atoms with Gasteiger partial charge in [0.2, 0.25) is 5.91 Å². The first-order valence-electron chi connectivity index (χ1n) is 7.49. The van der Waals surface area contributed by atoms with Crippen LogP contribution in [0.1, 0.15) is 42.9 Å². The normalized spacial score (nSPS) is 18.5. The lowest BCUT2D eigenvalue weighted by atomic mass is 10.1. The lowest BCUT2D eigenvalue weighted by molar-refractivity contribution is -0.119. The SMILES string of the molecule is CC(=O)NCc1cncc([C@H]2CCCN2Cc2cnc[nH]2)n1. The second-order valence-corrected chi connectivity index (χ2v) is 5.55. The quantitative estimate of drug-likeness (QED) is 0.865. The fraction of sp³-hybridized carbons (Fsp3) is 0.467. The molecule has 7 heteroatoms. The van der Waals surface area contributed by atoms with Gasteiger partial charge in [-0.15, -0.1) is 0 Å². The van der Waals surface area contributed by atoms with E-state index >= 15 is 0 Å². The average Bonchev–Trinajstić information content (AvgIpc) is 3.18. The number of hydrogen-bond acceptors (Lipinski definition) is 5. The number of aromatic nitrogens is 4. The molecule has 2 N–H and O–H groups in total. The number of carbonyl (C=O) groups excluding carboxylic acids is 1. The highest BCUT2D eigenvalue weighted by molar-refractivity contribution is 5.72. The molecule has 0 aromatic carbocycles. The van der Waals surface area contributed by atoms with Crippen molar-refractivity contribution >= 4 is 5.91 Å². The molecule has 1 saturated heterocycles. The van der Waals surface area contributed by atoms with Crippen molar-refractivity contribution in [2.75, 3.05) is 6.54 Å². The van der Waals surface area contributed by atoms with Crippen molar-refractivity contribution in [3.05, 3.63) is 42.0 Å². The van der Waals surface area contributed by atoms with Gasteiger partial charge in [0.25, 0.3) is 0 Å². The van der Waals surface area contributed by atoms with Crippen LogP contribution in [-0.4, -0.2) is 37.3 Å². The van der Waals surface area contributed by atoms with E-state index in [1.54, 1.807) is 12.5 Å². The van der Waals surface area contributed by atoms with Crippen LogP contribution in [0, 0.1) is 0 Å². The van der Waals surface area contributed by atoms with E-state index in [9.17, 15) is 4.79 Å². The molecule has 2 aromatic rings. The fourth-order valence-electron chi connectivity index (χ4n) is 2.82. The zero-order valence-electron chi connectivity index (χ0n) is 12.6. The van der Waals surface area contributed by atoms with E-state index in [2.05, 4.69) is 30.2 Å². The maximum atomic E-state index is 11.0. The second-order valence-electron chi connectivity index (χ2n) is 5.55. The van der Waals surface area contributed by atoms with Crippen LogP contribution in [-0.2, 0) is 17.9 Å². The van der Waals surface area contributed by atoms with E-state index in [-0.39, 0.29) is 11.9 Å². The first-order valence-corrected chi connectivity index (χ1v) is 7.49. The maximum Gasteiger partial charge on any atom is 0.217 e. The van der Waals surface area contributed by atoms with Crippen LogP contribution in [0.5, 0.6) is 0 Å². The molecule has 0 saturated carbocycles. The smallest absolute Gasteiger partial charge is 0.217 e. The predicted octanol–water partition coefficient (Wildman–Crippen LogP) is 1.17. The zero-order chi connectivity index (χ0) is 15.4. The molecular formula is C15H20N6O. The molecule has 7 nitrogen and oxygen atoms in total. The van der Waals surface area contributed by atoms with Crippen LogP contribution < -0.4 is 5.32 Å². The summed E-state index contributed by atoms with van der Waals surface area (Å²) in [5.74, 6) is -0.0612. The van der Waals surface area contributed by atoms with E-state index in [0.29, 0.717) is 6.54 Å². The van der Waals surface area contributed by atoms with Crippen LogP contribution in [0.2, 0.25) is 0 Å². The molecule has 1 atom stereocenters. The molecule has 1 fully saturated rings. The van der Waals surface area contributed by atoms with E-state index in [4.69, 9.17) is 0 Å². The van der Waals surface area contributed by atoms with Crippen LogP contribution in [0.25, 0.3) is 0 Å². The number of carbonyl (C=O) groups is 1. The fourth-order valence-corrected chi connectivity index (χ4v) is 2.82. The Bertz CT molecular complexity index is 627. The van der Waals surface area contributed by atoms with Gasteiger partial charge < -0.3 is 10.3 Å². The van der Waals surface area contributed by atoms with Crippen LogP contribution in [0.4, 0.5) is 0 Å². The van der Waals surface area contributed by atoms with Crippen molar-refractivity contribution < 1.29 is 4.79 Å². The molecular weight excluding hydrogens is 280 g/mol.